The normalized spacial score (nSPS) is 10.3. The molecule has 2 aromatic rings. The molecule has 0 radical (unpaired) electrons. The van der Waals surface area contributed by atoms with Gasteiger partial charge in [0, 0.05) is 17.7 Å². The van der Waals surface area contributed by atoms with Gasteiger partial charge in [-0.1, -0.05) is 23.8 Å². The Balaban J connectivity index is 2.06. The highest BCUT2D eigenvalue weighted by Gasteiger charge is 2.10. The highest BCUT2D eigenvalue weighted by Crippen LogP contribution is 2.12. The van der Waals surface area contributed by atoms with Crippen LogP contribution in [0.2, 0.25) is 0 Å². The minimum absolute atomic E-state index is 0.136. The summed E-state index contributed by atoms with van der Waals surface area (Å²) in [6.07, 6.45) is 0. The summed E-state index contributed by atoms with van der Waals surface area (Å²) in [5, 5.41) is 2.50. The molecule has 0 aromatic heterocycles. The van der Waals surface area contributed by atoms with E-state index in [1.54, 1.807) is 24.3 Å². The highest BCUT2D eigenvalue weighted by molar-refractivity contribution is 5.94. The van der Waals surface area contributed by atoms with Gasteiger partial charge in [-0.2, -0.15) is 0 Å². The lowest BCUT2D eigenvalue weighted by atomic mass is 10.1. The number of aryl methyl sites for hydroxylation is 1. The van der Waals surface area contributed by atoms with Gasteiger partial charge in [-0.05, 0) is 31.2 Å². The van der Waals surface area contributed by atoms with Crippen molar-refractivity contribution in [2.24, 2.45) is 0 Å². The zero-order valence-electron chi connectivity index (χ0n) is 10.4. The van der Waals surface area contributed by atoms with E-state index in [1.165, 1.54) is 6.07 Å². The lowest BCUT2D eigenvalue weighted by Crippen LogP contribution is -2.23. The van der Waals surface area contributed by atoms with Gasteiger partial charge in [0.1, 0.15) is 11.6 Å². The number of rotatable bonds is 3. The molecular formula is C15H13F2NO. The Labute approximate surface area is 110 Å². The lowest BCUT2D eigenvalue weighted by molar-refractivity contribution is 0.0950. The van der Waals surface area contributed by atoms with Crippen molar-refractivity contribution in [2.75, 3.05) is 0 Å². The SMILES string of the molecule is Cc1ccc(C(=O)NCc2c(F)cccc2F)cc1. The molecular weight excluding hydrogens is 248 g/mol. The third-order valence-electron chi connectivity index (χ3n) is 2.80. The van der Waals surface area contributed by atoms with Crippen molar-refractivity contribution in [3.05, 3.63) is 70.8 Å². The first-order valence-electron chi connectivity index (χ1n) is 5.85. The predicted octanol–water partition coefficient (Wildman–Crippen LogP) is 3.20. The summed E-state index contributed by atoms with van der Waals surface area (Å²) in [5.41, 5.74) is 1.36. The molecule has 0 heterocycles. The summed E-state index contributed by atoms with van der Waals surface area (Å²) in [7, 11) is 0. The standard InChI is InChI=1S/C15H13F2NO/c1-10-5-7-11(8-6-10)15(19)18-9-12-13(16)3-2-4-14(12)17/h2-8H,9H2,1H3,(H,18,19). The molecule has 2 rings (SSSR count). The summed E-state index contributed by atoms with van der Waals surface area (Å²) >= 11 is 0. The molecule has 2 aromatic carbocycles. The number of nitrogens with one attached hydrogen (secondary N) is 1. The number of benzene rings is 2. The summed E-state index contributed by atoms with van der Waals surface area (Å²) in [4.78, 5) is 11.8. The molecule has 0 aliphatic carbocycles. The van der Waals surface area contributed by atoms with Crippen molar-refractivity contribution in [1.29, 1.82) is 0 Å². The third kappa shape index (κ3) is 3.16. The van der Waals surface area contributed by atoms with Crippen LogP contribution in [0, 0.1) is 18.6 Å². The quantitative estimate of drug-likeness (QED) is 0.903. The fourth-order valence-electron chi connectivity index (χ4n) is 1.68. The summed E-state index contributed by atoms with van der Waals surface area (Å²) < 4.78 is 26.7. The Hall–Kier alpha value is -2.23. The van der Waals surface area contributed by atoms with Gasteiger partial charge < -0.3 is 5.32 Å². The van der Waals surface area contributed by atoms with Gasteiger partial charge in [-0.25, -0.2) is 8.78 Å². The number of carbonyl (C=O) groups excluding carboxylic acids is 1. The van der Waals surface area contributed by atoms with E-state index >= 15 is 0 Å². The summed E-state index contributed by atoms with van der Waals surface area (Å²) in [6.45, 7) is 1.74. The lowest BCUT2D eigenvalue weighted by Gasteiger charge is -2.07. The van der Waals surface area contributed by atoms with E-state index in [4.69, 9.17) is 0 Å². The van der Waals surface area contributed by atoms with E-state index in [0.29, 0.717) is 5.56 Å². The van der Waals surface area contributed by atoms with E-state index in [0.717, 1.165) is 17.7 Å². The molecule has 0 unspecified atom stereocenters. The average Bonchev–Trinajstić information content (AvgIpc) is 2.38. The Morgan fingerprint density at radius 3 is 2.21 bits per heavy atom. The van der Waals surface area contributed by atoms with Crippen LogP contribution in [0.5, 0.6) is 0 Å². The van der Waals surface area contributed by atoms with Gasteiger partial charge in [0.2, 0.25) is 0 Å². The van der Waals surface area contributed by atoms with Crippen LogP contribution in [0.4, 0.5) is 8.78 Å². The van der Waals surface area contributed by atoms with Crippen LogP contribution in [0.15, 0.2) is 42.5 Å². The first-order valence-corrected chi connectivity index (χ1v) is 5.85. The van der Waals surface area contributed by atoms with Crippen LogP contribution in [-0.4, -0.2) is 5.91 Å². The molecule has 0 spiro atoms. The molecule has 98 valence electrons. The molecule has 0 bridgehead atoms. The maximum absolute atomic E-state index is 13.4. The third-order valence-corrected chi connectivity index (χ3v) is 2.80. The topological polar surface area (TPSA) is 29.1 Å². The molecule has 0 saturated carbocycles. The second-order valence-corrected chi connectivity index (χ2v) is 4.25. The van der Waals surface area contributed by atoms with Crippen LogP contribution in [0.25, 0.3) is 0 Å². The highest BCUT2D eigenvalue weighted by atomic mass is 19.1. The van der Waals surface area contributed by atoms with E-state index in [9.17, 15) is 13.6 Å². The number of hydrogen-bond donors (Lipinski definition) is 1. The zero-order chi connectivity index (χ0) is 13.8. The van der Waals surface area contributed by atoms with Crippen LogP contribution in [0.3, 0.4) is 0 Å². The van der Waals surface area contributed by atoms with Crippen molar-refractivity contribution in [2.45, 2.75) is 13.5 Å². The monoisotopic (exact) mass is 261 g/mol. The van der Waals surface area contributed by atoms with Crippen LogP contribution >= 0.6 is 0 Å². The summed E-state index contributed by atoms with van der Waals surface area (Å²) in [6, 6.07) is 10.6. The van der Waals surface area contributed by atoms with Crippen molar-refractivity contribution in [3.8, 4) is 0 Å². The van der Waals surface area contributed by atoms with Gasteiger partial charge in [-0.15, -0.1) is 0 Å². The van der Waals surface area contributed by atoms with Gasteiger partial charge in [0.05, 0.1) is 0 Å². The van der Waals surface area contributed by atoms with E-state index < -0.39 is 11.6 Å². The van der Waals surface area contributed by atoms with Gasteiger partial charge in [0.25, 0.3) is 5.91 Å². The molecule has 0 aliphatic rings. The largest absolute Gasteiger partial charge is 0.348 e. The molecule has 0 atom stereocenters. The molecule has 0 saturated heterocycles. The Morgan fingerprint density at radius 2 is 1.63 bits per heavy atom. The van der Waals surface area contributed by atoms with Gasteiger partial charge >= 0.3 is 0 Å². The Bertz CT molecular complexity index is 573. The van der Waals surface area contributed by atoms with Crippen LogP contribution in [-0.2, 0) is 6.54 Å². The fraction of sp³-hybridized carbons (Fsp3) is 0.133. The van der Waals surface area contributed by atoms with Crippen molar-refractivity contribution >= 4 is 5.91 Å². The van der Waals surface area contributed by atoms with Crippen molar-refractivity contribution in [3.63, 3.8) is 0 Å². The Morgan fingerprint density at radius 1 is 1.05 bits per heavy atom. The number of halogens is 2. The number of amides is 1. The van der Waals surface area contributed by atoms with Crippen LogP contribution < -0.4 is 5.32 Å². The number of carbonyl (C=O) groups is 1. The summed E-state index contributed by atoms with van der Waals surface area (Å²) in [5.74, 6) is -1.68. The minimum atomic E-state index is -0.663. The maximum Gasteiger partial charge on any atom is 0.251 e. The fourth-order valence-corrected chi connectivity index (χ4v) is 1.68. The molecule has 1 amide bonds. The second-order valence-electron chi connectivity index (χ2n) is 4.25. The first kappa shape index (κ1) is 13.2. The minimum Gasteiger partial charge on any atom is -0.348 e. The van der Waals surface area contributed by atoms with E-state index in [-0.39, 0.29) is 18.0 Å². The molecule has 4 heteroatoms. The Kier molecular flexibility index (Phi) is 3.90. The maximum atomic E-state index is 13.4. The van der Waals surface area contributed by atoms with E-state index in [1.807, 2.05) is 6.92 Å². The van der Waals surface area contributed by atoms with Crippen molar-refractivity contribution in [1.82, 2.24) is 5.32 Å². The number of hydrogen-bond acceptors (Lipinski definition) is 1. The second kappa shape index (κ2) is 5.61. The van der Waals surface area contributed by atoms with Gasteiger partial charge in [0.15, 0.2) is 0 Å². The zero-order valence-corrected chi connectivity index (χ0v) is 10.4. The first-order chi connectivity index (χ1) is 9.08. The van der Waals surface area contributed by atoms with E-state index in [2.05, 4.69) is 5.32 Å². The smallest absolute Gasteiger partial charge is 0.251 e. The molecule has 2 nitrogen and oxygen atoms in total. The van der Waals surface area contributed by atoms with Crippen molar-refractivity contribution < 1.29 is 13.6 Å². The molecule has 19 heavy (non-hydrogen) atoms. The van der Waals surface area contributed by atoms with Gasteiger partial charge in [-0.3, -0.25) is 4.79 Å². The molecule has 1 N–H and O–H groups in total. The predicted molar refractivity (Wildman–Crippen MR) is 68.7 cm³/mol. The average molecular weight is 261 g/mol. The molecule has 0 fully saturated rings. The molecule has 0 aliphatic heterocycles. The van der Waals surface area contributed by atoms with Crippen LogP contribution in [0.1, 0.15) is 21.5 Å².